The first kappa shape index (κ1) is 15.8. The average molecular weight is 316 g/mol. The van der Waals surface area contributed by atoms with Crippen molar-refractivity contribution in [2.45, 2.75) is 45.1 Å². The number of ether oxygens (including phenoxy) is 1. The molecule has 3 amide bonds. The maximum atomic E-state index is 12.7. The van der Waals surface area contributed by atoms with Gasteiger partial charge in [0.25, 0.3) is 5.91 Å². The summed E-state index contributed by atoms with van der Waals surface area (Å²) in [5.41, 5.74) is 0.507. The van der Waals surface area contributed by atoms with Crippen molar-refractivity contribution < 1.29 is 14.3 Å². The molecule has 1 spiro atoms. The number of carbonyl (C=O) groups is 2. The van der Waals surface area contributed by atoms with E-state index in [0.29, 0.717) is 12.5 Å². The van der Waals surface area contributed by atoms with Gasteiger partial charge in [0, 0.05) is 0 Å². The number of rotatable bonds is 4. The third-order valence-electron chi connectivity index (χ3n) is 4.98. The molecule has 5 nitrogen and oxygen atoms in total. The Morgan fingerprint density at radius 1 is 1.22 bits per heavy atom. The van der Waals surface area contributed by atoms with Crippen molar-refractivity contribution in [3.8, 4) is 5.75 Å². The molecule has 0 atom stereocenters. The second-order valence-corrected chi connectivity index (χ2v) is 6.81. The number of hydrogen-bond donors (Lipinski definition) is 1. The van der Waals surface area contributed by atoms with Crippen LogP contribution in [-0.4, -0.2) is 35.5 Å². The zero-order chi connectivity index (χ0) is 16.4. The fraction of sp³-hybridized carbons (Fsp3) is 0.556. The van der Waals surface area contributed by atoms with Gasteiger partial charge in [-0.05, 0) is 50.7 Å². The van der Waals surface area contributed by atoms with Crippen molar-refractivity contribution in [2.75, 3.05) is 13.2 Å². The van der Waals surface area contributed by atoms with E-state index in [9.17, 15) is 9.59 Å². The molecule has 1 aliphatic carbocycles. The molecule has 1 aliphatic heterocycles. The molecule has 23 heavy (non-hydrogen) atoms. The third kappa shape index (κ3) is 3.19. The van der Waals surface area contributed by atoms with Gasteiger partial charge in [0.05, 0.1) is 6.54 Å². The number of hydrogen-bond acceptors (Lipinski definition) is 3. The number of urea groups is 1. The molecule has 1 heterocycles. The summed E-state index contributed by atoms with van der Waals surface area (Å²) in [5.74, 6) is 1.30. The summed E-state index contributed by atoms with van der Waals surface area (Å²) in [7, 11) is 0. The van der Waals surface area contributed by atoms with Crippen molar-refractivity contribution >= 4 is 11.9 Å². The monoisotopic (exact) mass is 316 g/mol. The van der Waals surface area contributed by atoms with Gasteiger partial charge in [-0.15, -0.1) is 0 Å². The number of aryl methyl sites for hydroxylation is 1. The van der Waals surface area contributed by atoms with Crippen LogP contribution in [0.5, 0.6) is 5.75 Å². The molecule has 2 aliphatic rings. The van der Waals surface area contributed by atoms with Crippen LogP contribution in [0.4, 0.5) is 4.79 Å². The highest BCUT2D eigenvalue weighted by Gasteiger charge is 2.51. The molecular weight excluding hydrogens is 292 g/mol. The van der Waals surface area contributed by atoms with Crippen LogP contribution in [0.1, 0.15) is 38.2 Å². The lowest BCUT2D eigenvalue weighted by molar-refractivity contribution is -0.132. The Bertz CT molecular complexity index is 589. The normalized spacial score (nSPS) is 27.4. The molecule has 1 N–H and O–H groups in total. The van der Waals surface area contributed by atoms with Crippen molar-refractivity contribution in [3.05, 3.63) is 29.8 Å². The van der Waals surface area contributed by atoms with Crippen LogP contribution < -0.4 is 10.1 Å². The largest absolute Gasteiger partial charge is 0.492 e. The second-order valence-electron chi connectivity index (χ2n) is 6.81. The Morgan fingerprint density at radius 2 is 1.87 bits per heavy atom. The zero-order valence-corrected chi connectivity index (χ0v) is 13.8. The molecule has 1 aromatic carbocycles. The predicted molar refractivity (Wildman–Crippen MR) is 87.3 cm³/mol. The number of amides is 3. The molecule has 1 aromatic rings. The minimum atomic E-state index is -0.659. The first-order valence-corrected chi connectivity index (χ1v) is 8.34. The number of nitrogens with zero attached hydrogens (tertiary/aromatic N) is 1. The van der Waals surface area contributed by atoms with Gasteiger partial charge in [-0.1, -0.05) is 24.6 Å². The van der Waals surface area contributed by atoms with Gasteiger partial charge < -0.3 is 10.1 Å². The molecule has 1 saturated carbocycles. The van der Waals surface area contributed by atoms with E-state index in [1.807, 2.05) is 31.2 Å². The summed E-state index contributed by atoms with van der Waals surface area (Å²) in [4.78, 5) is 26.1. The van der Waals surface area contributed by atoms with Crippen LogP contribution in [-0.2, 0) is 4.79 Å². The molecule has 1 saturated heterocycles. The molecule has 5 heteroatoms. The quantitative estimate of drug-likeness (QED) is 0.869. The Labute approximate surface area is 137 Å². The smallest absolute Gasteiger partial charge is 0.325 e. The lowest BCUT2D eigenvalue weighted by atomic mass is 9.77. The van der Waals surface area contributed by atoms with E-state index in [2.05, 4.69) is 12.2 Å². The molecule has 0 unspecified atom stereocenters. The SMILES string of the molecule is Cc1ccc(OCCN2C(=O)NC3(CCC(C)CC3)C2=O)cc1. The van der Waals surface area contributed by atoms with Crippen molar-refractivity contribution in [2.24, 2.45) is 5.92 Å². The molecular formula is C18H24N2O3. The molecule has 0 aromatic heterocycles. The van der Waals surface area contributed by atoms with Crippen molar-refractivity contribution in [1.29, 1.82) is 0 Å². The van der Waals surface area contributed by atoms with Crippen LogP contribution in [0, 0.1) is 12.8 Å². The highest BCUT2D eigenvalue weighted by molar-refractivity contribution is 6.07. The maximum Gasteiger partial charge on any atom is 0.325 e. The van der Waals surface area contributed by atoms with E-state index in [4.69, 9.17) is 4.74 Å². The highest BCUT2D eigenvalue weighted by atomic mass is 16.5. The summed E-state index contributed by atoms with van der Waals surface area (Å²) < 4.78 is 5.64. The fourth-order valence-electron chi connectivity index (χ4n) is 3.36. The van der Waals surface area contributed by atoms with E-state index < -0.39 is 5.54 Å². The Kier molecular flexibility index (Phi) is 4.28. The second kappa shape index (κ2) is 6.22. The van der Waals surface area contributed by atoms with Gasteiger partial charge in [0.2, 0.25) is 0 Å². The highest BCUT2D eigenvalue weighted by Crippen LogP contribution is 2.36. The van der Waals surface area contributed by atoms with Gasteiger partial charge in [0.1, 0.15) is 17.9 Å². The van der Waals surface area contributed by atoms with Gasteiger partial charge >= 0.3 is 6.03 Å². The Morgan fingerprint density at radius 3 is 2.52 bits per heavy atom. The van der Waals surface area contributed by atoms with E-state index in [1.54, 1.807) is 0 Å². The summed E-state index contributed by atoms with van der Waals surface area (Å²) in [5, 5.41) is 2.93. The lowest BCUT2D eigenvalue weighted by Gasteiger charge is -2.33. The van der Waals surface area contributed by atoms with Crippen LogP contribution in [0.3, 0.4) is 0 Å². The van der Waals surface area contributed by atoms with Gasteiger partial charge in [0.15, 0.2) is 0 Å². The van der Waals surface area contributed by atoms with E-state index in [-0.39, 0.29) is 18.5 Å². The Balaban J connectivity index is 1.57. The number of benzene rings is 1. The maximum absolute atomic E-state index is 12.7. The number of nitrogens with one attached hydrogen (secondary N) is 1. The molecule has 3 rings (SSSR count). The molecule has 2 fully saturated rings. The Hall–Kier alpha value is -2.04. The molecule has 124 valence electrons. The van der Waals surface area contributed by atoms with Crippen molar-refractivity contribution in [1.82, 2.24) is 10.2 Å². The standard InChI is InChI=1S/C18H24N2O3/c1-13-3-5-15(6-4-13)23-12-11-20-16(21)18(19-17(20)22)9-7-14(2)8-10-18/h3-6,14H,7-12H2,1-2H3,(H,19,22). The topological polar surface area (TPSA) is 58.6 Å². The van der Waals surface area contributed by atoms with E-state index in [1.165, 1.54) is 10.5 Å². The first-order chi connectivity index (χ1) is 11.0. The molecule has 0 bridgehead atoms. The van der Waals surface area contributed by atoms with Crippen LogP contribution in [0.2, 0.25) is 0 Å². The molecule has 0 radical (unpaired) electrons. The van der Waals surface area contributed by atoms with E-state index >= 15 is 0 Å². The minimum Gasteiger partial charge on any atom is -0.492 e. The number of imide groups is 1. The summed E-state index contributed by atoms with van der Waals surface area (Å²) in [6.07, 6.45) is 3.46. The van der Waals surface area contributed by atoms with Crippen molar-refractivity contribution in [3.63, 3.8) is 0 Å². The van der Waals surface area contributed by atoms with Gasteiger partial charge in [-0.2, -0.15) is 0 Å². The minimum absolute atomic E-state index is 0.0816. The number of carbonyl (C=O) groups excluding carboxylic acids is 2. The predicted octanol–water partition coefficient (Wildman–Crippen LogP) is 2.87. The summed E-state index contributed by atoms with van der Waals surface area (Å²) in [6, 6.07) is 7.45. The summed E-state index contributed by atoms with van der Waals surface area (Å²) >= 11 is 0. The van der Waals surface area contributed by atoms with Gasteiger partial charge in [-0.25, -0.2) is 4.79 Å². The lowest BCUT2D eigenvalue weighted by Crippen LogP contribution is -2.49. The fourth-order valence-corrected chi connectivity index (χ4v) is 3.36. The third-order valence-corrected chi connectivity index (χ3v) is 4.98. The first-order valence-electron chi connectivity index (χ1n) is 8.34. The average Bonchev–Trinajstić information content (AvgIpc) is 2.76. The zero-order valence-electron chi connectivity index (χ0n) is 13.8. The van der Waals surface area contributed by atoms with Crippen LogP contribution in [0.25, 0.3) is 0 Å². The van der Waals surface area contributed by atoms with E-state index in [0.717, 1.165) is 31.4 Å². The summed E-state index contributed by atoms with van der Waals surface area (Å²) in [6.45, 7) is 4.81. The van der Waals surface area contributed by atoms with Crippen LogP contribution >= 0.6 is 0 Å². The van der Waals surface area contributed by atoms with Gasteiger partial charge in [-0.3, -0.25) is 9.69 Å². The van der Waals surface area contributed by atoms with Crippen LogP contribution in [0.15, 0.2) is 24.3 Å².